The van der Waals surface area contributed by atoms with Crippen LogP contribution in [0.3, 0.4) is 0 Å². The fourth-order valence-corrected chi connectivity index (χ4v) is 3.50. The van der Waals surface area contributed by atoms with Crippen LogP contribution in [0.4, 0.5) is 0 Å². The van der Waals surface area contributed by atoms with Gasteiger partial charge in [0.05, 0.1) is 12.1 Å². The molecule has 0 bridgehead atoms. The number of aromatic carboxylic acids is 1. The highest BCUT2D eigenvalue weighted by molar-refractivity contribution is 7.14. The summed E-state index contributed by atoms with van der Waals surface area (Å²) in [5.74, 6) is -0.144. The van der Waals surface area contributed by atoms with Gasteiger partial charge in [-0.1, -0.05) is 0 Å². The molecule has 1 aliphatic heterocycles. The molecule has 0 aliphatic carbocycles. The van der Waals surface area contributed by atoms with Crippen LogP contribution in [0.5, 0.6) is 0 Å². The standard InChI is InChI=1S/C14H19N5O2S/c1-14(2,3)19-16-12(15-17-19)8-18-5-4-9-6-10(13(20)21)22-11(9)7-18/h6H,4-5,7-8H2,1-3H3,(H,20,21). The van der Waals surface area contributed by atoms with Crippen molar-refractivity contribution in [3.8, 4) is 0 Å². The monoisotopic (exact) mass is 321 g/mol. The third-order valence-electron chi connectivity index (χ3n) is 3.59. The average Bonchev–Trinajstić information content (AvgIpc) is 3.03. The summed E-state index contributed by atoms with van der Waals surface area (Å²) in [6, 6.07) is 1.80. The number of carboxylic acid groups (broad SMARTS) is 1. The van der Waals surface area contributed by atoms with Gasteiger partial charge in [0.1, 0.15) is 4.88 Å². The van der Waals surface area contributed by atoms with Gasteiger partial charge in [-0.3, -0.25) is 4.90 Å². The quantitative estimate of drug-likeness (QED) is 0.927. The van der Waals surface area contributed by atoms with Crippen molar-refractivity contribution in [3.05, 3.63) is 27.2 Å². The van der Waals surface area contributed by atoms with Crippen molar-refractivity contribution in [2.45, 2.75) is 45.8 Å². The van der Waals surface area contributed by atoms with E-state index in [1.165, 1.54) is 11.3 Å². The summed E-state index contributed by atoms with van der Waals surface area (Å²) in [6.07, 6.45) is 0.868. The molecule has 0 spiro atoms. The number of rotatable bonds is 3. The van der Waals surface area contributed by atoms with Crippen molar-refractivity contribution in [1.82, 2.24) is 25.1 Å². The second-order valence-corrected chi connectivity index (χ2v) is 7.63. The maximum atomic E-state index is 11.1. The Labute approximate surface area is 132 Å². The normalized spacial score (nSPS) is 15.8. The molecule has 22 heavy (non-hydrogen) atoms. The molecule has 7 nitrogen and oxygen atoms in total. The lowest BCUT2D eigenvalue weighted by molar-refractivity contribution is 0.0702. The van der Waals surface area contributed by atoms with Gasteiger partial charge < -0.3 is 5.11 Å². The number of hydrogen-bond acceptors (Lipinski definition) is 6. The van der Waals surface area contributed by atoms with Crippen molar-refractivity contribution >= 4 is 17.3 Å². The van der Waals surface area contributed by atoms with Crippen molar-refractivity contribution in [3.63, 3.8) is 0 Å². The van der Waals surface area contributed by atoms with Crippen molar-refractivity contribution in [2.24, 2.45) is 0 Å². The topological polar surface area (TPSA) is 84.1 Å². The van der Waals surface area contributed by atoms with Crippen LogP contribution in [-0.4, -0.2) is 42.7 Å². The van der Waals surface area contributed by atoms with Crippen LogP contribution in [0, 0.1) is 0 Å². The maximum Gasteiger partial charge on any atom is 0.345 e. The van der Waals surface area contributed by atoms with E-state index in [1.54, 1.807) is 10.9 Å². The summed E-state index contributed by atoms with van der Waals surface area (Å²) in [5.41, 5.74) is 0.981. The summed E-state index contributed by atoms with van der Waals surface area (Å²) in [5, 5.41) is 21.7. The number of hydrogen-bond donors (Lipinski definition) is 1. The van der Waals surface area contributed by atoms with Crippen LogP contribution in [0.2, 0.25) is 0 Å². The van der Waals surface area contributed by atoms with E-state index in [9.17, 15) is 4.79 Å². The molecule has 118 valence electrons. The van der Waals surface area contributed by atoms with Crippen molar-refractivity contribution in [1.29, 1.82) is 0 Å². The van der Waals surface area contributed by atoms with Gasteiger partial charge in [-0.05, 0) is 44.0 Å². The largest absolute Gasteiger partial charge is 0.477 e. The van der Waals surface area contributed by atoms with Crippen LogP contribution < -0.4 is 0 Å². The zero-order chi connectivity index (χ0) is 15.9. The van der Waals surface area contributed by atoms with E-state index in [2.05, 4.69) is 20.3 Å². The van der Waals surface area contributed by atoms with Gasteiger partial charge in [0.15, 0.2) is 5.82 Å². The Kier molecular flexibility index (Phi) is 3.73. The Bertz CT molecular complexity index is 700. The first kappa shape index (κ1) is 15.1. The predicted molar refractivity (Wildman–Crippen MR) is 81.9 cm³/mol. The summed E-state index contributed by atoms with van der Waals surface area (Å²) in [6.45, 7) is 8.36. The molecular formula is C14H19N5O2S. The van der Waals surface area contributed by atoms with E-state index in [0.29, 0.717) is 17.2 Å². The van der Waals surface area contributed by atoms with Gasteiger partial charge in [0.2, 0.25) is 0 Å². The molecule has 0 amide bonds. The Morgan fingerprint density at radius 2 is 2.23 bits per heavy atom. The third-order valence-corrected chi connectivity index (χ3v) is 4.74. The summed E-state index contributed by atoms with van der Waals surface area (Å²) in [4.78, 5) is 16.5. The molecule has 1 N–H and O–H groups in total. The second-order valence-electron chi connectivity index (χ2n) is 6.49. The van der Waals surface area contributed by atoms with Crippen molar-refractivity contribution in [2.75, 3.05) is 6.54 Å². The molecule has 0 atom stereocenters. The number of thiophene rings is 1. The molecule has 0 radical (unpaired) electrons. The molecule has 1 aliphatic rings. The minimum Gasteiger partial charge on any atom is -0.477 e. The number of aromatic nitrogens is 4. The first-order valence-electron chi connectivity index (χ1n) is 7.19. The number of carboxylic acids is 1. The minimum absolute atomic E-state index is 0.176. The fraction of sp³-hybridized carbons (Fsp3) is 0.571. The lowest BCUT2D eigenvalue weighted by Gasteiger charge is -2.25. The first-order valence-corrected chi connectivity index (χ1v) is 8.01. The molecule has 0 fully saturated rings. The number of tetrazole rings is 1. The molecule has 3 rings (SSSR count). The number of nitrogens with zero attached hydrogens (tertiary/aromatic N) is 5. The summed E-state index contributed by atoms with van der Waals surface area (Å²) in [7, 11) is 0. The molecule has 3 heterocycles. The highest BCUT2D eigenvalue weighted by atomic mass is 32.1. The van der Waals surface area contributed by atoms with E-state index >= 15 is 0 Å². The summed E-state index contributed by atoms with van der Waals surface area (Å²) >= 11 is 1.36. The highest BCUT2D eigenvalue weighted by Gasteiger charge is 2.23. The van der Waals surface area contributed by atoms with E-state index in [0.717, 1.165) is 30.0 Å². The predicted octanol–water partition coefficient (Wildman–Crippen LogP) is 1.75. The van der Waals surface area contributed by atoms with Gasteiger partial charge >= 0.3 is 5.97 Å². The molecule has 0 aromatic carbocycles. The van der Waals surface area contributed by atoms with Crippen LogP contribution in [-0.2, 0) is 25.0 Å². The van der Waals surface area contributed by atoms with Gasteiger partial charge in [-0.2, -0.15) is 4.80 Å². The SMILES string of the molecule is CC(C)(C)n1nnc(CN2CCc3cc(C(=O)O)sc3C2)n1. The first-order chi connectivity index (χ1) is 10.3. The molecule has 2 aromatic heterocycles. The van der Waals surface area contributed by atoms with Gasteiger partial charge in [0, 0.05) is 18.0 Å². The van der Waals surface area contributed by atoms with Crippen LogP contribution in [0.25, 0.3) is 0 Å². The van der Waals surface area contributed by atoms with E-state index < -0.39 is 5.97 Å². The van der Waals surface area contributed by atoms with Crippen LogP contribution >= 0.6 is 11.3 Å². The lowest BCUT2D eigenvalue weighted by Crippen LogP contribution is -2.30. The lowest BCUT2D eigenvalue weighted by atomic mass is 10.1. The molecular weight excluding hydrogens is 302 g/mol. The number of carbonyl (C=O) groups is 1. The molecule has 0 unspecified atom stereocenters. The Morgan fingerprint density at radius 1 is 1.45 bits per heavy atom. The molecule has 2 aromatic rings. The Balaban J connectivity index is 1.70. The van der Waals surface area contributed by atoms with Gasteiger partial charge in [-0.15, -0.1) is 21.5 Å². The van der Waals surface area contributed by atoms with Crippen LogP contribution in [0.15, 0.2) is 6.07 Å². The molecule has 0 saturated heterocycles. The highest BCUT2D eigenvalue weighted by Crippen LogP contribution is 2.28. The van der Waals surface area contributed by atoms with Crippen molar-refractivity contribution < 1.29 is 9.90 Å². The molecule has 8 heteroatoms. The molecule has 0 saturated carbocycles. The zero-order valence-electron chi connectivity index (χ0n) is 12.9. The zero-order valence-corrected chi connectivity index (χ0v) is 13.7. The van der Waals surface area contributed by atoms with E-state index in [4.69, 9.17) is 5.11 Å². The Morgan fingerprint density at radius 3 is 2.86 bits per heavy atom. The van der Waals surface area contributed by atoms with Gasteiger partial charge in [0.25, 0.3) is 0 Å². The fourth-order valence-electron chi connectivity index (χ4n) is 2.40. The van der Waals surface area contributed by atoms with Crippen LogP contribution in [0.1, 0.15) is 46.7 Å². The number of fused-ring (bicyclic) bond motifs is 1. The smallest absolute Gasteiger partial charge is 0.345 e. The third kappa shape index (κ3) is 3.02. The minimum atomic E-state index is -0.847. The average molecular weight is 321 g/mol. The Hall–Kier alpha value is -1.80. The second kappa shape index (κ2) is 5.44. The van der Waals surface area contributed by atoms with E-state index in [1.807, 2.05) is 20.8 Å². The van der Waals surface area contributed by atoms with Gasteiger partial charge in [-0.25, -0.2) is 4.79 Å². The van der Waals surface area contributed by atoms with E-state index in [-0.39, 0.29) is 5.54 Å². The maximum absolute atomic E-state index is 11.1. The summed E-state index contributed by atoms with van der Waals surface area (Å²) < 4.78 is 0.